The minimum Gasteiger partial charge on any atom is -0.497 e. The smallest absolute Gasteiger partial charge is 0.251 e. The summed E-state index contributed by atoms with van der Waals surface area (Å²) in [6.07, 6.45) is 2.30. The number of aryl methyl sites for hydroxylation is 1. The predicted molar refractivity (Wildman–Crippen MR) is 150 cm³/mol. The van der Waals surface area contributed by atoms with Gasteiger partial charge in [0.1, 0.15) is 22.5 Å². The topological polar surface area (TPSA) is 97.0 Å². The zero-order chi connectivity index (χ0) is 27.8. The molecule has 2 spiro atoms. The van der Waals surface area contributed by atoms with Crippen LogP contribution < -0.4 is 20.1 Å². The number of hydrogen-bond donors (Lipinski definition) is 2. The molecule has 7 rings (SSSR count). The van der Waals surface area contributed by atoms with Crippen LogP contribution in [0.1, 0.15) is 46.8 Å². The fourth-order valence-corrected chi connectivity index (χ4v) is 8.02. The SMILES string of the molecule is CCc1ccc2c(c1)[C@]1(C(=O)N2)N2CCC[C@@H]2[C@@H](C(=O)c2ccc(OC)cc2OC)[C@@]12C(=O)Nc1ccccc12. The molecule has 2 fully saturated rings. The molecule has 3 aromatic rings. The number of carbonyl (C=O) groups is 3. The quantitative estimate of drug-likeness (QED) is 0.472. The highest BCUT2D eigenvalue weighted by atomic mass is 16.5. The van der Waals surface area contributed by atoms with Crippen LogP contribution in [0.3, 0.4) is 0 Å². The monoisotopic (exact) mass is 537 g/mol. The Morgan fingerprint density at radius 1 is 0.950 bits per heavy atom. The van der Waals surface area contributed by atoms with Gasteiger partial charge >= 0.3 is 0 Å². The highest BCUT2D eigenvalue weighted by Crippen LogP contribution is 2.68. The third kappa shape index (κ3) is 2.81. The molecule has 2 saturated heterocycles. The molecule has 3 aromatic carbocycles. The van der Waals surface area contributed by atoms with Crippen LogP contribution in [-0.4, -0.2) is 49.3 Å². The van der Waals surface area contributed by atoms with Gasteiger partial charge in [-0.15, -0.1) is 0 Å². The van der Waals surface area contributed by atoms with Crippen LogP contribution in [0.5, 0.6) is 11.5 Å². The van der Waals surface area contributed by atoms with Gasteiger partial charge in [0.05, 0.1) is 25.7 Å². The number of ether oxygens (including phenoxy) is 2. The van der Waals surface area contributed by atoms with E-state index in [1.807, 2.05) is 36.4 Å². The average molecular weight is 538 g/mol. The molecule has 4 aliphatic rings. The zero-order valence-electron chi connectivity index (χ0n) is 22.7. The molecule has 4 heterocycles. The molecule has 204 valence electrons. The molecule has 40 heavy (non-hydrogen) atoms. The normalized spacial score (nSPS) is 27.9. The summed E-state index contributed by atoms with van der Waals surface area (Å²) >= 11 is 0. The molecule has 4 atom stereocenters. The maximum absolute atomic E-state index is 14.9. The van der Waals surface area contributed by atoms with Crippen LogP contribution in [0, 0.1) is 5.92 Å². The van der Waals surface area contributed by atoms with Crippen LogP contribution in [0.15, 0.2) is 60.7 Å². The highest BCUT2D eigenvalue weighted by molar-refractivity contribution is 6.21. The van der Waals surface area contributed by atoms with Gasteiger partial charge in [-0.25, -0.2) is 0 Å². The summed E-state index contributed by atoms with van der Waals surface area (Å²) in [5.41, 5.74) is 1.36. The van der Waals surface area contributed by atoms with E-state index in [-0.39, 0.29) is 23.6 Å². The van der Waals surface area contributed by atoms with Gasteiger partial charge < -0.3 is 20.1 Å². The Morgan fingerprint density at radius 2 is 1.73 bits per heavy atom. The Hall–Kier alpha value is -4.17. The van der Waals surface area contributed by atoms with Gasteiger partial charge in [0.2, 0.25) is 5.91 Å². The largest absolute Gasteiger partial charge is 0.497 e. The van der Waals surface area contributed by atoms with Crippen LogP contribution in [0.4, 0.5) is 11.4 Å². The van der Waals surface area contributed by atoms with Crippen molar-refractivity contribution in [3.8, 4) is 11.5 Å². The van der Waals surface area contributed by atoms with E-state index in [9.17, 15) is 14.4 Å². The van der Waals surface area contributed by atoms with Gasteiger partial charge in [0.25, 0.3) is 5.91 Å². The molecule has 2 amide bonds. The average Bonchev–Trinajstić information content (AvgIpc) is 3.70. The van der Waals surface area contributed by atoms with Gasteiger partial charge in [-0.3, -0.25) is 19.3 Å². The number of nitrogens with one attached hydrogen (secondary N) is 2. The fraction of sp³-hybridized carbons (Fsp3) is 0.344. The number of hydrogen-bond acceptors (Lipinski definition) is 6. The first-order valence-corrected chi connectivity index (χ1v) is 13.8. The number of carbonyl (C=O) groups excluding carboxylic acids is 3. The summed E-state index contributed by atoms with van der Waals surface area (Å²) in [5, 5.41) is 6.21. The molecular weight excluding hydrogens is 506 g/mol. The van der Waals surface area contributed by atoms with E-state index in [2.05, 4.69) is 28.5 Å². The minimum absolute atomic E-state index is 0.215. The molecule has 0 saturated carbocycles. The van der Waals surface area contributed by atoms with E-state index in [1.165, 1.54) is 7.11 Å². The Labute approximate surface area is 232 Å². The van der Waals surface area contributed by atoms with Gasteiger partial charge in [-0.2, -0.15) is 0 Å². The third-order valence-corrected chi connectivity index (χ3v) is 9.53. The number of Topliss-reactive ketones (excluding diaryl/α,β-unsaturated/α-hetero) is 1. The molecule has 0 radical (unpaired) electrons. The third-order valence-electron chi connectivity index (χ3n) is 9.53. The highest BCUT2D eigenvalue weighted by Gasteiger charge is 2.81. The summed E-state index contributed by atoms with van der Waals surface area (Å²) in [7, 11) is 3.08. The van der Waals surface area contributed by atoms with Gasteiger partial charge in [0, 0.05) is 29.0 Å². The van der Waals surface area contributed by atoms with E-state index in [4.69, 9.17) is 9.47 Å². The maximum atomic E-state index is 14.9. The zero-order valence-corrected chi connectivity index (χ0v) is 22.7. The molecule has 2 N–H and O–H groups in total. The molecule has 0 aliphatic carbocycles. The number of nitrogens with zero attached hydrogens (tertiary/aromatic N) is 1. The van der Waals surface area contributed by atoms with E-state index in [0.29, 0.717) is 47.0 Å². The van der Waals surface area contributed by atoms with E-state index >= 15 is 0 Å². The second-order valence-electron chi connectivity index (χ2n) is 11.0. The second kappa shape index (κ2) is 8.66. The van der Waals surface area contributed by atoms with E-state index in [0.717, 1.165) is 24.0 Å². The van der Waals surface area contributed by atoms with Crippen molar-refractivity contribution < 1.29 is 23.9 Å². The Balaban J connectivity index is 1.56. The molecule has 0 aromatic heterocycles. The van der Waals surface area contributed by atoms with Crippen molar-refractivity contribution in [2.75, 3.05) is 31.4 Å². The first-order valence-electron chi connectivity index (χ1n) is 13.8. The first-order chi connectivity index (χ1) is 19.4. The van der Waals surface area contributed by atoms with Crippen LogP contribution in [-0.2, 0) is 27.0 Å². The number of rotatable bonds is 5. The Bertz CT molecular complexity index is 1600. The molecule has 8 nitrogen and oxygen atoms in total. The maximum Gasteiger partial charge on any atom is 0.251 e. The first kappa shape index (κ1) is 24.8. The molecular formula is C32H31N3O5. The van der Waals surface area contributed by atoms with Crippen molar-refractivity contribution in [3.05, 3.63) is 82.9 Å². The summed E-state index contributed by atoms with van der Waals surface area (Å²) in [5.74, 6) is -0.684. The van der Waals surface area contributed by atoms with Crippen molar-refractivity contribution in [1.82, 2.24) is 4.90 Å². The van der Waals surface area contributed by atoms with Gasteiger partial charge in [-0.1, -0.05) is 37.3 Å². The molecule has 0 bridgehead atoms. The number of fused-ring (bicyclic) bond motifs is 7. The van der Waals surface area contributed by atoms with E-state index in [1.54, 1.807) is 25.3 Å². The number of ketones is 1. The summed E-state index contributed by atoms with van der Waals surface area (Å²) in [6, 6.07) is 18.3. The van der Waals surface area contributed by atoms with Gasteiger partial charge in [0.15, 0.2) is 5.78 Å². The van der Waals surface area contributed by atoms with Crippen molar-refractivity contribution in [2.24, 2.45) is 5.92 Å². The lowest BCUT2D eigenvalue weighted by Gasteiger charge is -2.43. The number of anilines is 2. The van der Waals surface area contributed by atoms with Crippen LogP contribution >= 0.6 is 0 Å². The lowest BCUT2D eigenvalue weighted by Crippen LogP contribution is -2.62. The van der Waals surface area contributed by atoms with Crippen LogP contribution in [0.2, 0.25) is 0 Å². The summed E-state index contributed by atoms with van der Waals surface area (Å²) in [4.78, 5) is 46.2. The minimum atomic E-state index is -1.49. The van der Waals surface area contributed by atoms with Gasteiger partial charge in [-0.05, 0) is 61.2 Å². The Morgan fingerprint density at radius 3 is 2.50 bits per heavy atom. The van der Waals surface area contributed by atoms with Crippen molar-refractivity contribution in [2.45, 2.75) is 43.2 Å². The van der Waals surface area contributed by atoms with Crippen LogP contribution in [0.25, 0.3) is 0 Å². The predicted octanol–water partition coefficient (Wildman–Crippen LogP) is 4.28. The summed E-state index contributed by atoms with van der Waals surface area (Å²) in [6.45, 7) is 2.68. The van der Waals surface area contributed by atoms with E-state index < -0.39 is 16.9 Å². The number of para-hydroxylation sites is 1. The number of amides is 2. The number of benzene rings is 3. The number of methoxy groups -OCH3 is 2. The second-order valence-corrected chi connectivity index (χ2v) is 11.0. The van der Waals surface area contributed by atoms with Crippen molar-refractivity contribution in [3.63, 3.8) is 0 Å². The lowest BCUT2D eigenvalue weighted by molar-refractivity contribution is -0.137. The molecule has 4 aliphatic heterocycles. The van der Waals surface area contributed by atoms with Crippen molar-refractivity contribution in [1.29, 1.82) is 0 Å². The molecule has 8 heteroatoms. The lowest BCUT2D eigenvalue weighted by atomic mass is 9.57. The van der Waals surface area contributed by atoms with Crippen molar-refractivity contribution >= 4 is 29.0 Å². The standard InChI is InChI=1S/C32H31N3O5/c1-4-18-11-14-24-22(16-18)32(30(38)34-24)31(21-8-5-6-9-23(21)33-29(31)37)27(25-10-7-15-35(25)32)28(36)20-13-12-19(39-2)17-26(20)40-3/h5-6,8-9,11-14,16-17,25,27H,4,7,10,15H2,1-3H3,(H,33,37)(H,34,38)/t25-,27+,31+,32-/m1/s1. The Kier molecular flexibility index (Phi) is 5.38. The fourth-order valence-electron chi connectivity index (χ4n) is 8.02. The summed E-state index contributed by atoms with van der Waals surface area (Å²) < 4.78 is 11.0. The molecule has 0 unspecified atom stereocenters.